The second-order valence-electron chi connectivity index (χ2n) is 13.2. The van der Waals surface area contributed by atoms with Crippen LogP contribution in [0.15, 0.2) is 170 Å². The van der Waals surface area contributed by atoms with Crippen LogP contribution in [0.5, 0.6) is 0 Å². The SMILES string of the molecule is c1ccc(-c2nc(-c3ccccc3)nc(-c3cccc(-n4c5ccc6ccccc6c5c5c6c7ccccc7sc6c6ccccc6c54)c3)n2)cc1. The number of hydrogen-bond acceptors (Lipinski definition) is 4. The molecule has 0 saturated heterocycles. The lowest BCUT2D eigenvalue weighted by Gasteiger charge is -2.13. The predicted molar refractivity (Wildman–Crippen MR) is 218 cm³/mol. The van der Waals surface area contributed by atoms with Crippen LogP contribution in [-0.2, 0) is 0 Å². The Morgan fingerprint density at radius 1 is 0.404 bits per heavy atom. The van der Waals surface area contributed by atoms with E-state index in [4.69, 9.17) is 15.0 Å². The molecule has 3 heterocycles. The fraction of sp³-hybridized carbons (Fsp3) is 0. The van der Waals surface area contributed by atoms with Gasteiger partial charge in [-0.15, -0.1) is 11.3 Å². The van der Waals surface area contributed by atoms with Gasteiger partial charge in [-0.1, -0.05) is 146 Å². The summed E-state index contributed by atoms with van der Waals surface area (Å²) >= 11 is 1.89. The number of thiophene rings is 1. The number of rotatable bonds is 4. The summed E-state index contributed by atoms with van der Waals surface area (Å²) in [5.74, 6) is 1.93. The third-order valence-electron chi connectivity index (χ3n) is 10.2. The lowest BCUT2D eigenvalue weighted by molar-refractivity contribution is 1.07. The Bertz CT molecular complexity index is 3120. The van der Waals surface area contributed by atoms with E-state index in [1.807, 2.05) is 72.0 Å². The normalized spacial score (nSPS) is 11.8. The van der Waals surface area contributed by atoms with Crippen molar-refractivity contribution >= 4 is 74.9 Å². The molecule has 11 rings (SSSR count). The number of hydrogen-bond donors (Lipinski definition) is 0. The van der Waals surface area contributed by atoms with Gasteiger partial charge in [0.1, 0.15) is 0 Å². The van der Waals surface area contributed by atoms with Crippen LogP contribution in [0, 0.1) is 0 Å². The van der Waals surface area contributed by atoms with Crippen molar-refractivity contribution in [1.29, 1.82) is 0 Å². The van der Waals surface area contributed by atoms with Gasteiger partial charge in [-0.2, -0.15) is 0 Å². The van der Waals surface area contributed by atoms with Gasteiger partial charge in [0.2, 0.25) is 0 Å². The first-order valence-electron chi connectivity index (χ1n) is 17.5. The summed E-state index contributed by atoms with van der Waals surface area (Å²) in [4.78, 5) is 15.1. The highest BCUT2D eigenvalue weighted by Crippen LogP contribution is 2.49. The molecule has 0 aliphatic rings. The first-order valence-corrected chi connectivity index (χ1v) is 18.3. The second-order valence-corrected chi connectivity index (χ2v) is 14.2. The summed E-state index contributed by atoms with van der Waals surface area (Å²) in [7, 11) is 0. The Morgan fingerprint density at radius 2 is 0.981 bits per heavy atom. The maximum atomic E-state index is 5.08. The molecule has 0 saturated carbocycles. The van der Waals surface area contributed by atoms with Crippen LogP contribution < -0.4 is 0 Å². The van der Waals surface area contributed by atoms with Gasteiger partial charge in [-0.3, -0.25) is 0 Å². The van der Waals surface area contributed by atoms with Gasteiger partial charge in [-0.05, 0) is 35.0 Å². The molecule has 0 amide bonds. The smallest absolute Gasteiger partial charge is 0.164 e. The van der Waals surface area contributed by atoms with Crippen molar-refractivity contribution in [2.24, 2.45) is 0 Å². The number of benzene rings is 8. The minimum Gasteiger partial charge on any atom is -0.309 e. The summed E-state index contributed by atoms with van der Waals surface area (Å²) in [6.45, 7) is 0. The Balaban J connectivity index is 1.25. The first-order chi connectivity index (χ1) is 25.8. The molecular formula is C47H28N4S. The van der Waals surface area contributed by atoms with Crippen LogP contribution in [0.25, 0.3) is 103 Å². The first kappa shape index (κ1) is 29.1. The van der Waals surface area contributed by atoms with E-state index in [0.717, 1.165) is 22.4 Å². The van der Waals surface area contributed by atoms with Gasteiger partial charge in [0, 0.05) is 64.1 Å². The highest BCUT2D eigenvalue weighted by molar-refractivity contribution is 7.27. The maximum Gasteiger partial charge on any atom is 0.164 e. The lowest BCUT2D eigenvalue weighted by atomic mass is 9.97. The molecule has 0 N–H and O–H groups in total. The van der Waals surface area contributed by atoms with Crippen molar-refractivity contribution < 1.29 is 0 Å². The minimum absolute atomic E-state index is 0.636. The second kappa shape index (κ2) is 11.4. The fourth-order valence-corrected chi connectivity index (χ4v) is 9.17. The van der Waals surface area contributed by atoms with Crippen molar-refractivity contribution in [3.8, 4) is 39.9 Å². The van der Waals surface area contributed by atoms with Gasteiger partial charge in [0.05, 0.1) is 11.0 Å². The van der Waals surface area contributed by atoms with Crippen LogP contribution in [0.4, 0.5) is 0 Å². The molecule has 242 valence electrons. The van der Waals surface area contributed by atoms with Crippen LogP contribution >= 0.6 is 11.3 Å². The molecule has 0 fully saturated rings. The highest BCUT2D eigenvalue weighted by Gasteiger charge is 2.23. The highest BCUT2D eigenvalue weighted by atomic mass is 32.1. The zero-order valence-electron chi connectivity index (χ0n) is 27.9. The summed E-state index contributed by atoms with van der Waals surface area (Å²) in [5, 5.41) is 10.2. The Labute approximate surface area is 302 Å². The summed E-state index contributed by atoms with van der Waals surface area (Å²) in [5.41, 5.74) is 6.26. The van der Waals surface area contributed by atoms with Crippen molar-refractivity contribution in [2.75, 3.05) is 0 Å². The lowest BCUT2D eigenvalue weighted by Crippen LogP contribution is -2.01. The van der Waals surface area contributed by atoms with Crippen molar-refractivity contribution in [1.82, 2.24) is 19.5 Å². The van der Waals surface area contributed by atoms with Gasteiger partial charge in [0.15, 0.2) is 17.5 Å². The van der Waals surface area contributed by atoms with E-state index in [0.29, 0.717) is 17.5 Å². The van der Waals surface area contributed by atoms with E-state index in [2.05, 4.69) is 114 Å². The molecule has 0 spiro atoms. The van der Waals surface area contributed by atoms with Gasteiger partial charge >= 0.3 is 0 Å². The molecule has 0 radical (unpaired) electrons. The van der Waals surface area contributed by atoms with E-state index in [1.54, 1.807) is 0 Å². The topological polar surface area (TPSA) is 43.6 Å². The van der Waals surface area contributed by atoms with Gasteiger partial charge in [0.25, 0.3) is 0 Å². The molecular weight excluding hydrogens is 653 g/mol. The number of fused-ring (bicyclic) bond motifs is 12. The maximum absolute atomic E-state index is 5.08. The Kier molecular flexibility index (Phi) is 6.39. The monoisotopic (exact) mass is 680 g/mol. The van der Waals surface area contributed by atoms with Crippen LogP contribution in [0.2, 0.25) is 0 Å². The van der Waals surface area contributed by atoms with Crippen molar-refractivity contribution in [2.45, 2.75) is 0 Å². The molecule has 8 aromatic carbocycles. The largest absolute Gasteiger partial charge is 0.309 e. The zero-order valence-corrected chi connectivity index (χ0v) is 28.7. The van der Waals surface area contributed by atoms with Gasteiger partial charge in [-0.25, -0.2) is 15.0 Å². The zero-order chi connectivity index (χ0) is 34.2. The average Bonchev–Trinajstić information content (AvgIpc) is 3.78. The molecule has 0 atom stereocenters. The van der Waals surface area contributed by atoms with Gasteiger partial charge < -0.3 is 4.57 Å². The van der Waals surface area contributed by atoms with E-state index in [1.165, 1.54) is 63.5 Å². The predicted octanol–water partition coefficient (Wildman–Crippen LogP) is 12.6. The number of nitrogens with zero attached hydrogens (tertiary/aromatic N) is 4. The molecule has 4 nitrogen and oxygen atoms in total. The molecule has 5 heteroatoms. The fourth-order valence-electron chi connectivity index (χ4n) is 7.92. The molecule has 52 heavy (non-hydrogen) atoms. The van der Waals surface area contributed by atoms with E-state index in [9.17, 15) is 0 Å². The molecule has 0 aliphatic carbocycles. The van der Waals surface area contributed by atoms with E-state index < -0.39 is 0 Å². The third-order valence-corrected chi connectivity index (χ3v) is 11.4. The Hall–Kier alpha value is -6.69. The van der Waals surface area contributed by atoms with Crippen LogP contribution in [0.3, 0.4) is 0 Å². The third kappa shape index (κ3) is 4.36. The summed E-state index contributed by atoms with van der Waals surface area (Å²) in [6, 6.07) is 60.0. The number of aromatic nitrogens is 4. The average molecular weight is 681 g/mol. The molecule has 11 aromatic rings. The Morgan fingerprint density at radius 3 is 1.71 bits per heavy atom. The molecule has 3 aromatic heterocycles. The van der Waals surface area contributed by atoms with Crippen LogP contribution in [-0.4, -0.2) is 19.5 Å². The minimum atomic E-state index is 0.636. The van der Waals surface area contributed by atoms with Crippen LogP contribution in [0.1, 0.15) is 0 Å². The summed E-state index contributed by atoms with van der Waals surface area (Å²) in [6.07, 6.45) is 0. The standard InChI is InChI=1S/C47H28N4S/c1-3-15-30(16-4-1)45-48-46(31-17-5-2-6-18-31)50-47(49-45)32-19-13-20-33(28-32)51-38-27-26-29-14-7-8-21-34(29)40(38)42-41-37-24-11-12-25-39(37)52-44(41)36-23-10-9-22-35(36)43(42)51/h1-28H. The quantitative estimate of drug-likeness (QED) is 0.186. The summed E-state index contributed by atoms with van der Waals surface area (Å²) < 4.78 is 5.10. The van der Waals surface area contributed by atoms with E-state index in [-0.39, 0.29) is 0 Å². The van der Waals surface area contributed by atoms with Crippen molar-refractivity contribution in [3.63, 3.8) is 0 Å². The molecule has 0 aliphatic heterocycles. The molecule has 0 bridgehead atoms. The molecule has 0 unspecified atom stereocenters. The van der Waals surface area contributed by atoms with E-state index >= 15 is 0 Å². The van der Waals surface area contributed by atoms with Crippen molar-refractivity contribution in [3.05, 3.63) is 170 Å².